The molecule has 0 spiro atoms. The Morgan fingerprint density at radius 1 is 1.16 bits per heavy atom. The van der Waals surface area contributed by atoms with Crippen molar-refractivity contribution < 1.29 is 23.9 Å². The number of benzene rings is 2. The molecule has 1 fully saturated rings. The van der Waals surface area contributed by atoms with Crippen molar-refractivity contribution in [2.75, 3.05) is 6.54 Å². The van der Waals surface area contributed by atoms with Crippen LogP contribution < -0.4 is 4.74 Å². The number of hydrogen-bond acceptors (Lipinski definition) is 6. The molecule has 0 saturated carbocycles. The largest absolute Gasteiger partial charge is 0.486 e. The first-order chi connectivity index (χ1) is 15.1. The van der Waals surface area contributed by atoms with Crippen molar-refractivity contribution in [3.05, 3.63) is 66.0 Å². The summed E-state index contributed by atoms with van der Waals surface area (Å²) in [7, 11) is 0. The van der Waals surface area contributed by atoms with E-state index in [-0.39, 0.29) is 21.1 Å². The zero-order valence-electron chi connectivity index (χ0n) is 17.1. The molecule has 32 heavy (non-hydrogen) atoms. The van der Waals surface area contributed by atoms with Crippen LogP contribution in [-0.2, 0) is 20.9 Å². The second-order valence-corrected chi connectivity index (χ2v) is 10.1. The highest BCUT2D eigenvalue weighted by molar-refractivity contribution is 14.1. The summed E-state index contributed by atoms with van der Waals surface area (Å²) in [5.74, 6) is -0.898. The lowest BCUT2D eigenvalue weighted by molar-refractivity contribution is -0.149. The Morgan fingerprint density at radius 3 is 2.38 bits per heavy atom. The van der Waals surface area contributed by atoms with Crippen molar-refractivity contribution in [1.29, 1.82) is 0 Å². The van der Waals surface area contributed by atoms with Gasteiger partial charge in [0.15, 0.2) is 5.75 Å². The molecule has 2 amide bonds. The SMILES string of the molecule is CC(C)OC(=O)CN1C(=O)S/C(=C/c2cc(Cl)c(OCc3ccc(I)cc3)c(Cl)c2)C1=O. The average Bonchev–Trinajstić information content (AvgIpc) is 2.95. The third kappa shape index (κ3) is 6.40. The number of nitrogens with zero attached hydrogens (tertiary/aromatic N) is 1. The average molecular weight is 606 g/mol. The summed E-state index contributed by atoms with van der Waals surface area (Å²) in [6.07, 6.45) is 1.16. The van der Waals surface area contributed by atoms with E-state index in [1.54, 1.807) is 26.0 Å². The number of esters is 1. The fourth-order valence-corrected chi connectivity index (χ4v) is 4.56. The number of carbonyl (C=O) groups excluding carboxylic acids is 3. The minimum atomic E-state index is -0.649. The van der Waals surface area contributed by atoms with E-state index in [1.165, 1.54) is 6.08 Å². The first-order valence-corrected chi connectivity index (χ1v) is 12.1. The maximum atomic E-state index is 12.6. The van der Waals surface area contributed by atoms with Gasteiger partial charge in [0.1, 0.15) is 13.2 Å². The molecule has 2 aromatic rings. The minimum Gasteiger partial charge on any atom is -0.486 e. The van der Waals surface area contributed by atoms with Gasteiger partial charge in [0.25, 0.3) is 11.1 Å². The maximum absolute atomic E-state index is 12.6. The summed E-state index contributed by atoms with van der Waals surface area (Å²) in [4.78, 5) is 37.6. The molecule has 0 aromatic heterocycles. The van der Waals surface area contributed by atoms with Crippen LogP contribution in [0.25, 0.3) is 6.08 Å². The molecule has 0 atom stereocenters. The summed E-state index contributed by atoms with van der Waals surface area (Å²) in [6, 6.07) is 11.0. The van der Waals surface area contributed by atoms with Gasteiger partial charge in [-0.25, -0.2) is 0 Å². The van der Waals surface area contributed by atoms with Gasteiger partial charge in [-0.15, -0.1) is 0 Å². The molecule has 2 aromatic carbocycles. The molecule has 1 aliphatic rings. The molecular formula is C22H18Cl2INO5S. The van der Waals surface area contributed by atoms with Crippen molar-refractivity contribution in [3.63, 3.8) is 0 Å². The van der Waals surface area contributed by atoms with E-state index in [0.29, 0.717) is 17.9 Å². The summed E-state index contributed by atoms with van der Waals surface area (Å²) in [6.45, 7) is 3.23. The Morgan fingerprint density at radius 2 is 1.78 bits per heavy atom. The molecule has 0 N–H and O–H groups in total. The van der Waals surface area contributed by atoms with Crippen molar-refractivity contribution in [1.82, 2.24) is 4.90 Å². The lowest BCUT2D eigenvalue weighted by Gasteiger charge is -2.13. The standard InChI is InChI=1S/C22H18Cl2INO5S/c1-12(2)31-19(27)10-26-21(28)18(32-22(26)29)9-14-7-16(23)20(17(24)8-14)30-11-13-3-5-15(25)6-4-13/h3-9,12H,10-11H2,1-2H3/b18-9+. The van der Waals surface area contributed by atoms with E-state index in [1.807, 2.05) is 24.3 Å². The molecule has 0 unspecified atom stereocenters. The summed E-state index contributed by atoms with van der Waals surface area (Å²) in [5.41, 5.74) is 1.49. The third-order valence-electron chi connectivity index (χ3n) is 4.14. The first-order valence-electron chi connectivity index (χ1n) is 9.45. The predicted molar refractivity (Wildman–Crippen MR) is 134 cm³/mol. The second-order valence-electron chi connectivity index (χ2n) is 7.04. The summed E-state index contributed by atoms with van der Waals surface area (Å²) >= 11 is 15.7. The van der Waals surface area contributed by atoms with Crippen LogP contribution in [0.2, 0.25) is 10.0 Å². The van der Waals surface area contributed by atoms with Crippen molar-refractivity contribution in [3.8, 4) is 5.75 Å². The molecule has 168 valence electrons. The lowest BCUT2D eigenvalue weighted by Crippen LogP contribution is -2.35. The number of carbonyl (C=O) groups is 3. The number of imide groups is 1. The molecule has 10 heteroatoms. The molecule has 1 saturated heterocycles. The van der Waals surface area contributed by atoms with Crippen LogP contribution in [0, 0.1) is 3.57 Å². The normalized spacial score (nSPS) is 15.1. The van der Waals surface area contributed by atoms with E-state index in [4.69, 9.17) is 32.7 Å². The van der Waals surface area contributed by atoms with Gasteiger partial charge in [-0.05, 0) is 89.7 Å². The fraction of sp³-hybridized carbons (Fsp3) is 0.227. The molecule has 1 heterocycles. The third-order valence-corrected chi connectivity index (χ3v) is 6.33. The van der Waals surface area contributed by atoms with E-state index in [2.05, 4.69) is 22.6 Å². The van der Waals surface area contributed by atoms with Crippen molar-refractivity contribution in [2.45, 2.75) is 26.6 Å². The van der Waals surface area contributed by atoms with Gasteiger partial charge in [-0.3, -0.25) is 19.3 Å². The molecule has 1 aliphatic heterocycles. The zero-order chi connectivity index (χ0) is 23.4. The van der Waals surface area contributed by atoms with Gasteiger partial charge < -0.3 is 9.47 Å². The van der Waals surface area contributed by atoms with Crippen LogP contribution in [-0.4, -0.2) is 34.7 Å². The Kier molecular flexibility index (Phi) is 8.49. The lowest BCUT2D eigenvalue weighted by atomic mass is 10.2. The molecule has 0 bridgehead atoms. The second kappa shape index (κ2) is 10.9. The number of amides is 2. The minimum absolute atomic E-state index is 0.159. The van der Waals surface area contributed by atoms with Crippen LogP contribution in [0.4, 0.5) is 4.79 Å². The van der Waals surface area contributed by atoms with Crippen LogP contribution in [0.1, 0.15) is 25.0 Å². The Bertz CT molecular complexity index is 1070. The zero-order valence-corrected chi connectivity index (χ0v) is 21.5. The van der Waals surface area contributed by atoms with E-state index in [0.717, 1.165) is 25.8 Å². The van der Waals surface area contributed by atoms with Crippen LogP contribution in [0.15, 0.2) is 41.3 Å². The predicted octanol–water partition coefficient (Wildman–Crippen LogP) is 6.16. The summed E-state index contributed by atoms with van der Waals surface area (Å²) in [5, 5.41) is -0.000344. The van der Waals surface area contributed by atoms with Crippen LogP contribution >= 0.6 is 57.6 Å². The highest BCUT2D eigenvalue weighted by Gasteiger charge is 2.36. The Hall–Kier alpha value is -1.75. The van der Waals surface area contributed by atoms with Gasteiger partial charge in [0.2, 0.25) is 0 Å². The van der Waals surface area contributed by atoms with E-state index >= 15 is 0 Å². The highest BCUT2D eigenvalue weighted by atomic mass is 127. The van der Waals surface area contributed by atoms with Crippen molar-refractivity contribution >= 4 is 80.7 Å². The first kappa shape index (κ1) is 24.9. The Balaban J connectivity index is 1.73. The van der Waals surface area contributed by atoms with Gasteiger partial charge in [0, 0.05) is 3.57 Å². The molecule has 0 aliphatic carbocycles. The smallest absolute Gasteiger partial charge is 0.326 e. The molecule has 3 rings (SSSR count). The van der Waals surface area contributed by atoms with Crippen LogP contribution in [0.3, 0.4) is 0 Å². The quantitative estimate of drug-likeness (QED) is 0.214. The van der Waals surface area contributed by atoms with E-state index in [9.17, 15) is 14.4 Å². The summed E-state index contributed by atoms with van der Waals surface area (Å²) < 4.78 is 11.9. The monoisotopic (exact) mass is 605 g/mol. The number of thioether (sulfide) groups is 1. The number of ether oxygens (including phenoxy) is 2. The fourth-order valence-electron chi connectivity index (χ4n) is 2.75. The molecular weight excluding hydrogens is 588 g/mol. The van der Waals surface area contributed by atoms with Crippen molar-refractivity contribution in [2.24, 2.45) is 0 Å². The number of hydrogen-bond donors (Lipinski definition) is 0. The Labute approximate surface area is 213 Å². The molecule has 6 nitrogen and oxygen atoms in total. The topological polar surface area (TPSA) is 72.9 Å². The number of rotatable bonds is 7. The van der Waals surface area contributed by atoms with Gasteiger partial charge in [0.05, 0.1) is 21.1 Å². The number of halogens is 3. The maximum Gasteiger partial charge on any atom is 0.326 e. The van der Waals surface area contributed by atoms with Gasteiger partial charge in [-0.1, -0.05) is 35.3 Å². The molecule has 0 radical (unpaired) electrons. The highest BCUT2D eigenvalue weighted by Crippen LogP contribution is 2.37. The van der Waals surface area contributed by atoms with Gasteiger partial charge >= 0.3 is 5.97 Å². The van der Waals surface area contributed by atoms with Gasteiger partial charge in [-0.2, -0.15) is 0 Å². The van der Waals surface area contributed by atoms with E-state index < -0.39 is 23.7 Å². The van der Waals surface area contributed by atoms with Crippen LogP contribution in [0.5, 0.6) is 5.75 Å².